The summed E-state index contributed by atoms with van der Waals surface area (Å²) in [6.07, 6.45) is 5.21. The highest BCUT2D eigenvalue weighted by Gasteiger charge is 2.13. The number of nitrogens with zero attached hydrogens (tertiary/aromatic N) is 5. The predicted molar refractivity (Wildman–Crippen MR) is 112 cm³/mol. The number of hydrogen-bond acceptors (Lipinski definition) is 6. The van der Waals surface area contributed by atoms with Gasteiger partial charge in [0, 0.05) is 36.8 Å². The van der Waals surface area contributed by atoms with Gasteiger partial charge in [0.25, 0.3) is 0 Å². The third kappa shape index (κ3) is 4.08. The molecule has 4 heterocycles. The van der Waals surface area contributed by atoms with Gasteiger partial charge in [-0.3, -0.25) is 4.98 Å². The van der Waals surface area contributed by atoms with Crippen molar-refractivity contribution in [3.05, 3.63) is 72.3 Å². The van der Waals surface area contributed by atoms with Gasteiger partial charge in [-0.1, -0.05) is 6.07 Å². The molecule has 7 nitrogen and oxygen atoms in total. The fourth-order valence-corrected chi connectivity index (χ4v) is 2.94. The van der Waals surface area contributed by atoms with E-state index in [-0.39, 0.29) is 0 Å². The lowest BCUT2D eigenvalue weighted by molar-refractivity contribution is 0.481. The topological polar surface area (TPSA) is 77.8 Å². The van der Waals surface area contributed by atoms with Crippen LogP contribution in [0.1, 0.15) is 18.2 Å². The number of aryl methyl sites for hydroxylation is 3. The van der Waals surface area contributed by atoms with Gasteiger partial charge in [-0.2, -0.15) is 5.10 Å². The highest BCUT2D eigenvalue weighted by molar-refractivity contribution is 5.64. The van der Waals surface area contributed by atoms with E-state index in [1.807, 2.05) is 67.9 Å². The third-order valence-electron chi connectivity index (χ3n) is 4.57. The molecule has 0 spiro atoms. The van der Waals surface area contributed by atoms with Crippen molar-refractivity contribution in [3.63, 3.8) is 0 Å². The van der Waals surface area contributed by atoms with Crippen LogP contribution in [0.25, 0.3) is 11.4 Å². The molecule has 0 unspecified atom stereocenters. The Balaban J connectivity index is 1.65. The zero-order valence-electron chi connectivity index (χ0n) is 16.6. The maximum atomic E-state index is 6.21. The normalized spacial score (nSPS) is 10.7. The second-order valence-corrected chi connectivity index (χ2v) is 6.59. The summed E-state index contributed by atoms with van der Waals surface area (Å²) in [7, 11) is 0. The lowest BCUT2D eigenvalue weighted by Crippen LogP contribution is -2.03. The van der Waals surface area contributed by atoms with Crippen LogP contribution in [0.5, 0.6) is 11.5 Å². The lowest BCUT2D eigenvalue weighted by atomic mass is 10.1. The van der Waals surface area contributed by atoms with Crippen LogP contribution in [0.15, 0.2) is 61.1 Å². The number of hydrogen-bond donors (Lipinski definition) is 1. The molecule has 1 N–H and O–H groups in total. The molecule has 4 aromatic heterocycles. The molecule has 0 aromatic carbocycles. The van der Waals surface area contributed by atoms with Crippen LogP contribution in [0.4, 0.5) is 11.6 Å². The van der Waals surface area contributed by atoms with E-state index in [1.54, 1.807) is 18.6 Å². The summed E-state index contributed by atoms with van der Waals surface area (Å²) in [6.45, 7) is 6.81. The van der Waals surface area contributed by atoms with Crippen LogP contribution in [0.3, 0.4) is 0 Å². The largest absolute Gasteiger partial charge is 0.455 e. The van der Waals surface area contributed by atoms with E-state index in [2.05, 4.69) is 20.4 Å². The van der Waals surface area contributed by atoms with Gasteiger partial charge in [0.15, 0.2) is 5.75 Å². The van der Waals surface area contributed by atoms with Gasteiger partial charge in [0.1, 0.15) is 23.1 Å². The monoisotopic (exact) mass is 386 g/mol. The van der Waals surface area contributed by atoms with Gasteiger partial charge in [0.05, 0.1) is 11.9 Å². The SMILES string of the molecule is CCn1nccc1Nc1cc(Oc2cc(C)c(C)nc2-c2ccccn2)ccn1. The Morgan fingerprint density at radius 3 is 2.69 bits per heavy atom. The first-order valence-electron chi connectivity index (χ1n) is 9.46. The Bertz CT molecular complexity index is 1120. The Morgan fingerprint density at radius 2 is 1.90 bits per heavy atom. The number of rotatable bonds is 6. The number of anilines is 2. The number of aromatic nitrogens is 5. The predicted octanol–water partition coefficient (Wildman–Crippen LogP) is 4.91. The highest BCUT2D eigenvalue weighted by Crippen LogP contribution is 2.33. The molecule has 0 aliphatic rings. The van der Waals surface area contributed by atoms with Gasteiger partial charge >= 0.3 is 0 Å². The van der Waals surface area contributed by atoms with Crippen molar-refractivity contribution in [2.24, 2.45) is 0 Å². The zero-order chi connectivity index (χ0) is 20.2. The summed E-state index contributed by atoms with van der Waals surface area (Å²) >= 11 is 0. The Hall–Kier alpha value is -3.74. The molecule has 0 saturated heterocycles. The van der Waals surface area contributed by atoms with Crippen molar-refractivity contribution in [2.45, 2.75) is 27.3 Å². The van der Waals surface area contributed by atoms with Crippen LogP contribution in [0, 0.1) is 13.8 Å². The maximum absolute atomic E-state index is 6.21. The Labute approximate surface area is 169 Å². The first-order valence-corrected chi connectivity index (χ1v) is 9.46. The van der Waals surface area contributed by atoms with Gasteiger partial charge in [-0.15, -0.1) is 0 Å². The van der Waals surface area contributed by atoms with E-state index in [0.29, 0.717) is 23.0 Å². The molecule has 4 aromatic rings. The standard InChI is InChI=1S/C22H22N6O/c1-4-28-21(9-12-25-28)27-20-14-17(8-11-24-20)29-19-13-15(2)16(3)26-22(19)18-7-5-6-10-23-18/h5-14H,4H2,1-3H3,(H,24,27). The molecule has 7 heteroatoms. The minimum absolute atomic E-state index is 0.655. The van der Waals surface area contributed by atoms with Crippen LogP contribution in [0.2, 0.25) is 0 Å². The molecule has 0 aliphatic carbocycles. The summed E-state index contributed by atoms with van der Waals surface area (Å²) in [5.74, 6) is 2.86. The molecule has 0 amide bonds. The first-order chi connectivity index (χ1) is 14.1. The lowest BCUT2D eigenvalue weighted by Gasteiger charge is -2.14. The third-order valence-corrected chi connectivity index (χ3v) is 4.57. The van der Waals surface area contributed by atoms with Crippen molar-refractivity contribution in [1.29, 1.82) is 0 Å². The van der Waals surface area contributed by atoms with Crippen LogP contribution in [-0.4, -0.2) is 24.7 Å². The smallest absolute Gasteiger partial charge is 0.155 e. The summed E-state index contributed by atoms with van der Waals surface area (Å²) in [4.78, 5) is 13.5. The van der Waals surface area contributed by atoms with E-state index < -0.39 is 0 Å². The average molecular weight is 386 g/mol. The molecule has 146 valence electrons. The molecular formula is C22H22N6O. The summed E-state index contributed by atoms with van der Waals surface area (Å²) in [5.41, 5.74) is 3.48. The van der Waals surface area contributed by atoms with E-state index in [9.17, 15) is 0 Å². The van der Waals surface area contributed by atoms with Gasteiger partial charge in [0.2, 0.25) is 0 Å². The fraction of sp³-hybridized carbons (Fsp3) is 0.182. The van der Waals surface area contributed by atoms with E-state index in [0.717, 1.165) is 29.3 Å². The second kappa shape index (κ2) is 8.10. The second-order valence-electron chi connectivity index (χ2n) is 6.59. The molecule has 4 rings (SSSR count). The Morgan fingerprint density at radius 1 is 1.00 bits per heavy atom. The minimum Gasteiger partial charge on any atom is -0.455 e. The summed E-state index contributed by atoms with van der Waals surface area (Å²) in [5, 5.41) is 7.54. The molecule has 0 saturated carbocycles. The summed E-state index contributed by atoms with van der Waals surface area (Å²) in [6, 6.07) is 13.3. The van der Waals surface area contributed by atoms with E-state index in [4.69, 9.17) is 9.72 Å². The highest BCUT2D eigenvalue weighted by atomic mass is 16.5. The zero-order valence-corrected chi connectivity index (χ0v) is 16.6. The first kappa shape index (κ1) is 18.6. The van der Waals surface area contributed by atoms with Crippen molar-refractivity contribution in [3.8, 4) is 22.9 Å². The number of ether oxygens (including phenoxy) is 1. The quantitative estimate of drug-likeness (QED) is 0.507. The minimum atomic E-state index is 0.655. The molecule has 0 aliphatic heterocycles. The Kier molecular flexibility index (Phi) is 5.20. The number of nitrogens with one attached hydrogen (secondary N) is 1. The average Bonchev–Trinajstić information content (AvgIpc) is 3.18. The van der Waals surface area contributed by atoms with Crippen molar-refractivity contribution in [1.82, 2.24) is 24.7 Å². The van der Waals surface area contributed by atoms with Crippen molar-refractivity contribution < 1.29 is 4.74 Å². The molecule has 0 fully saturated rings. The van der Waals surface area contributed by atoms with E-state index in [1.165, 1.54) is 0 Å². The molecule has 0 radical (unpaired) electrons. The van der Waals surface area contributed by atoms with Gasteiger partial charge in [-0.05, 0) is 50.6 Å². The van der Waals surface area contributed by atoms with Crippen LogP contribution < -0.4 is 10.1 Å². The van der Waals surface area contributed by atoms with Crippen LogP contribution >= 0.6 is 0 Å². The molecule has 0 bridgehead atoms. The van der Waals surface area contributed by atoms with Crippen molar-refractivity contribution >= 4 is 11.6 Å². The molecule has 29 heavy (non-hydrogen) atoms. The fourth-order valence-electron chi connectivity index (χ4n) is 2.94. The van der Waals surface area contributed by atoms with Gasteiger partial charge in [-0.25, -0.2) is 14.6 Å². The number of pyridine rings is 3. The maximum Gasteiger partial charge on any atom is 0.155 e. The van der Waals surface area contributed by atoms with E-state index >= 15 is 0 Å². The van der Waals surface area contributed by atoms with Gasteiger partial charge < -0.3 is 10.1 Å². The molecular weight excluding hydrogens is 364 g/mol. The molecule has 0 atom stereocenters. The summed E-state index contributed by atoms with van der Waals surface area (Å²) < 4.78 is 8.07. The van der Waals surface area contributed by atoms with Crippen LogP contribution in [-0.2, 0) is 6.54 Å². The van der Waals surface area contributed by atoms with Crippen molar-refractivity contribution in [2.75, 3.05) is 5.32 Å².